The number of hydrogen-bond acceptors (Lipinski definition) is 5. The third kappa shape index (κ3) is 2.75. The zero-order valence-corrected chi connectivity index (χ0v) is 16.7. The second-order valence-electron chi connectivity index (χ2n) is 7.32. The molecule has 0 saturated heterocycles. The van der Waals surface area contributed by atoms with Gasteiger partial charge >= 0.3 is 5.69 Å². The lowest BCUT2D eigenvalue weighted by molar-refractivity contribution is 0.184. The number of benzene rings is 1. The van der Waals surface area contributed by atoms with Crippen molar-refractivity contribution in [2.45, 2.75) is 33.4 Å². The van der Waals surface area contributed by atoms with Crippen LogP contribution in [0.1, 0.15) is 17.5 Å². The largest absolute Gasteiger partial charge is 0.383 e. The van der Waals surface area contributed by atoms with Gasteiger partial charge in [-0.3, -0.25) is 13.9 Å². The van der Waals surface area contributed by atoms with E-state index < -0.39 is 0 Å². The lowest BCUT2D eigenvalue weighted by atomic mass is 10.1. The Bertz CT molecular complexity index is 1170. The number of aryl methyl sites for hydroxylation is 4. The van der Waals surface area contributed by atoms with E-state index in [-0.39, 0.29) is 17.8 Å². The molecule has 0 unspecified atom stereocenters. The first-order chi connectivity index (χ1) is 13.4. The average Bonchev–Trinajstić information content (AvgIpc) is 3.06. The van der Waals surface area contributed by atoms with Gasteiger partial charge in [0.2, 0.25) is 5.95 Å². The van der Waals surface area contributed by atoms with Gasteiger partial charge in [-0.25, -0.2) is 4.79 Å². The van der Waals surface area contributed by atoms with Gasteiger partial charge in [-0.2, -0.15) is 4.98 Å². The molecule has 0 radical (unpaired) electrons. The molecule has 0 N–H and O–H groups in total. The second-order valence-corrected chi connectivity index (χ2v) is 7.32. The van der Waals surface area contributed by atoms with Crippen molar-refractivity contribution in [1.29, 1.82) is 0 Å². The molecule has 0 fully saturated rings. The van der Waals surface area contributed by atoms with Crippen molar-refractivity contribution in [2.75, 3.05) is 25.2 Å². The smallest absolute Gasteiger partial charge is 0.332 e. The highest BCUT2D eigenvalue weighted by molar-refractivity contribution is 5.77. The topological polar surface area (TPSA) is 74.3 Å². The Balaban J connectivity index is 1.96. The molecule has 2 aromatic heterocycles. The Morgan fingerprint density at radius 3 is 2.68 bits per heavy atom. The molecule has 0 bridgehead atoms. The minimum absolute atomic E-state index is 0.221. The molecule has 148 valence electrons. The van der Waals surface area contributed by atoms with Gasteiger partial charge in [0.25, 0.3) is 5.56 Å². The van der Waals surface area contributed by atoms with E-state index in [0.717, 1.165) is 24.2 Å². The number of ether oxygens (including phenoxy) is 1. The number of imidazole rings is 1. The molecule has 8 heteroatoms. The molecule has 8 nitrogen and oxygen atoms in total. The molecule has 4 rings (SSSR count). The first-order valence-electron chi connectivity index (χ1n) is 9.48. The van der Waals surface area contributed by atoms with Crippen molar-refractivity contribution in [3.05, 3.63) is 50.2 Å². The molecule has 0 spiro atoms. The number of anilines is 2. The number of nitrogens with zero attached hydrogens (tertiary/aromatic N) is 5. The molecular weight excluding hydrogens is 358 g/mol. The average molecular weight is 383 g/mol. The zero-order valence-electron chi connectivity index (χ0n) is 16.7. The summed E-state index contributed by atoms with van der Waals surface area (Å²) in [5.74, 6) is 0.713. The van der Waals surface area contributed by atoms with Crippen LogP contribution in [-0.4, -0.2) is 38.9 Å². The Morgan fingerprint density at radius 1 is 1.18 bits per heavy atom. The minimum atomic E-state index is -0.372. The summed E-state index contributed by atoms with van der Waals surface area (Å²) in [6.07, 6.45) is 0.895. The number of fused-ring (bicyclic) bond motifs is 3. The fourth-order valence-electron chi connectivity index (χ4n) is 3.98. The zero-order chi connectivity index (χ0) is 20.0. The van der Waals surface area contributed by atoms with E-state index in [4.69, 9.17) is 9.72 Å². The third-order valence-electron chi connectivity index (χ3n) is 5.38. The molecular formula is C20H25N5O3. The maximum Gasteiger partial charge on any atom is 0.332 e. The van der Waals surface area contributed by atoms with Crippen molar-refractivity contribution < 1.29 is 4.74 Å². The maximum absolute atomic E-state index is 13.1. The van der Waals surface area contributed by atoms with Gasteiger partial charge in [0.1, 0.15) is 0 Å². The van der Waals surface area contributed by atoms with Gasteiger partial charge in [0, 0.05) is 32.9 Å². The van der Waals surface area contributed by atoms with Crippen LogP contribution in [0.25, 0.3) is 11.2 Å². The summed E-state index contributed by atoms with van der Waals surface area (Å²) >= 11 is 0. The summed E-state index contributed by atoms with van der Waals surface area (Å²) in [4.78, 5) is 32.6. The van der Waals surface area contributed by atoms with Crippen LogP contribution in [0.4, 0.5) is 11.6 Å². The van der Waals surface area contributed by atoms with Gasteiger partial charge in [-0.15, -0.1) is 0 Å². The van der Waals surface area contributed by atoms with Crippen LogP contribution in [-0.2, 0) is 24.9 Å². The second kappa shape index (κ2) is 6.94. The molecule has 1 aliphatic rings. The highest BCUT2D eigenvalue weighted by Gasteiger charge is 2.27. The molecule has 1 aromatic carbocycles. The minimum Gasteiger partial charge on any atom is -0.383 e. The Hall–Kier alpha value is -2.87. The molecule has 0 aliphatic carbocycles. The summed E-state index contributed by atoms with van der Waals surface area (Å²) in [5, 5.41) is 0. The summed E-state index contributed by atoms with van der Waals surface area (Å²) in [6, 6.07) is 6.32. The van der Waals surface area contributed by atoms with E-state index in [1.165, 1.54) is 14.7 Å². The maximum atomic E-state index is 13.1. The number of hydrogen-bond donors (Lipinski definition) is 0. The van der Waals surface area contributed by atoms with E-state index >= 15 is 0 Å². The van der Waals surface area contributed by atoms with Crippen LogP contribution < -0.4 is 16.1 Å². The molecule has 1 aliphatic heterocycles. The highest BCUT2D eigenvalue weighted by atomic mass is 16.5. The van der Waals surface area contributed by atoms with Crippen LogP contribution >= 0.6 is 0 Å². The van der Waals surface area contributed by atoms with Crippen molar-refractivity contribution in [3.8, 4) is 0 Å². The van der Waals surface area contributed by atoms with Crippen LogP contribution in [0.2, 0.25) is 0 Å². The monoisotopic (exact) mass is 383 g/mol. The first-order valence-corrected chi connectivity index (χ1v) is 9.48. The molecule has 0 atom stereocenters. The predicted molar refractivity (Wildman–Crippen MR) is 109 cm³/mol. The van der Waals surface area contributed by atoms with Crippen LogP contribution in [0.3, 0.4) is 0 Å². The van der Waals surface area contributed by atoms with Crippen LogP contribution in [0, 0.1) is 13.8 Å². The summed E-state index contributed by atoms with van der Waals surface area (Å²) in [5.41, 5.74) is 3.66. The lowest BCUT2D eigenvalue weighted by Crippen LogP contribution is -2.40. The van der Waals surface area contributed by atoms with Gasteiger partial charge in [0.05, 0.1) is 13.2 Å². The van der Waals surface area contributed by atoms with E-state index in [1.54, 1.807) is 14.2 Å². The van der Waals surface area contributed by atoms with Crippen molar-refractivity contribution in [1.82, 2.24) is 18.7 Å². The summed E-state index contributed by atoms with van der Waals surface area (Å²) in [7, 11) is 3.21. The van der Waals surface area contributed by atoms with E-state index in [0.29, 0.717) is 30.3 Å². The fourth-order valence-corrected chi connectivity index (χ4v) is 3.98. The number of rotatable bonds is 4. The van der Waals surface area contributed by atoms with Crippen LogP contribution in [0.5, 0.6) is 0 Å². The molecule has 28 heavy (non-hydrogen) atoms. The molecule has 3 aromatic rings. The number of methoxy groups -OCH3 is 1. The van der Waals surface area contributed by atoms with Gasteiger partial charge in [-0.05, 0) is 31.9 Å². The summed E-state index contributed by atoms with van der Waals surface area (Å²) < 4.78 is 9.70. The Morgan fingerprint density at radius 2 is 1.96 bits per heavy atom. The van der Waals surface area contributed by atoms with E-state index in [2.05, 4.69) is 36.9 Å². The first kappa shape index (κ1) is 18.5. The van der Waals surface area contributed by atoms with Crippen molar-refractivity contribution >= 4 is 22.8 Å². The van der Waals surface area contributed by atoms with Crippen molar-refractivity contribution in [3.63, 3.8) is 0 Å². The quantitative estimate of drug-likeness (QED) is 0.686. The summed E-state index contributed by atoms with van der Waals surface area (Å²) in [6.45, 7) is 6.19. The normalized spacial score (nSPS) is 13.9. The molecule has 0 saturated carbocycles. The van der Waals surface area contributed by atoms with Crippen LogP contribution in [0.15, 0.2) is 27.8 Å². The third-order valence-corrected chi connectivity index (χ3v) is 5.38. The Labute approximate surface area is 162 Å². The Kier molecular flexibility index (Phi) is 4.58. The fraction of sp³-hybridized carbons (Fsp3) is 0.450. The van der Waals surface area contributed by atoms with Gasteiger partial charge in [-0.1, -0.05) is 17.7 Å². The lowest BCUT2D eigenvalue weighted by Gasteiger charge is -2.30. The standard InChI is InChI=1S/C20H25N5O3/c1-13-6-7-15(14(2)12-13)23-8-5-9-24-16-17(21-19(23)24)22(3)20(27)25(18(16)26)10-11-28-4/h6-7,12H,5,8-11H2,1-4H3. The highest BCUT2D eigenvalue weighted by Crippen LogP contribution is 2.33. The van der Waals surface area contributed by atoms with Gasteiger partial charge in [0.15, 0.2) is 11.2 Å². The number of aromatic nitrogens is 4. The van der Waals surface area contributed by atoms with Gasteiger partial charge < -0.3 is 14.2 Å². The predicted octanol–water partition coefficient (Wildman–Crippen LogP) is 1.70. The molecule has 3 heterocycles. The SMILES string of the molecule is COCCn1c(=O)c2c(nc3n2CCCN3c2ccc(C)cc2C)n(C)c1=O. The van der Waals surface area contributed by atoms with E-state index in [1.807, 2.05) is 4.57 Å². The van der Waals surface area contributed by atoms with E-state index in [9.17, 15) is 9.59 Å². The van der Waals surface area contributed by atoms with Crippen molar-refractivity contribution in [2.24, 2.45) is 7.05 Å². The molecule has 0 amide bonds.